The molecule has 140 valence electrons. The molecule has 1 saturated heterocycles. The first-order valence-electron chi connectivity index (χ1n) is 8.33. The maximum absolute atomic E-state index is 12.9. The van der Waals surface area contributed by atoms with Gasteiger partial charge in [-0.1, -0.05) is 0 Å². The predicted molar refractivity (Wildman–Crippen MR) is 89.9 cm³/mol. The molecule has 9 heteroatoms. The van der Waals surface area contributed by atoms with Crippen LogP contribution in [0.2, 0.25) is 0 Å². The summed E-state index contributed by atoms with van der Waals surface area (Å²) in [6.07, 6.45) is -1.02. The van der Waals surface area contributed by atoms with E-state index in [4.69, 9.17) is 0 Å². The van der Waals surface area contributed by atoms with Crippen LogP contribution in [0.25, 0.3) is 0 Å². The van der Waals surface area contributed by atoms with Gasteiger partial charge in [-0.15, -0.1) is 0 Å². The minimum Gasteiger partial charge on any atom is -0.355 e. The van der Waals surface area contributed by atoms with E-state index in [2.05, 4.69) is 10.1 Å². The Morgan fingerprint density at radius 3 is 2.62 bits per heavy atom. The van der Waals surface area contributed by atoms with E-state index < -0.39 is 11.7 Å². The topological polar surface area (TPSA) is 54.3 Å². The highest BCUT2D eigenvalue weighted by Crippen LogP contribution is 2.31. The van der Waals surface area contributed by atoms with Crippen LogP contribution in [0.15, 0.2) is 24.5 Å². The molecule has 3 heterocycles. The molecule has 1 aliphatic rings. The minimum absolute atomic E-state index is 0.102. The monoisotopic (exact) mass is 367 g/mol. The van der Waals surface area contributed by atoms with E-state index >= 15 is 0 Å². The van der Waals surface area contributed by atoms with Gasteiger partial charge in [-0.3, -0.25) is 9.48 Å². The average Bonchev–Trinajstić information content (AvgIpc) is 2.81. The van der Waals surface area contributed by atoms with Gasteiger partial charge >= 0.3 is 6.18 Å². The van der Waals surface area contributed by atoms with Crippen molar-refractivity contribution in [2.24, 2.45) is 7.05 Å². The van der Waals surface area contributed by atoms with E-state index in [1.807, 2.05) is 6.92 Å². The van der Waals surface area contributed by atoms with Crippen LogP contribution < -0.4 is 4.90 Å². The van der Waals surface area contributed by atoms with Gasteiger partial charge in [-0.25, -0.2) is 4.98 Å². The lowest BCUT2D eigenvalue weighted by Gasteiger charge is -2.23. The van der Waals surface area contributed by atoms with E-state index in [1.54, 1.807) is 27.7 Å². The molecular weight excluding hydrogens is 347 g/mol. The summed E-state index contributed by atoms with van der Waals surface area (Å²) in [5.74, 6) is 0.182. The zero-order chi connectivity index (χ0) is 18.9. The van der Waals surface area contributed by atoms with Crippen molar-refractivity contribution in [2.75, 3.05) is 31.1 Å². The number of pyridine rings is 1. The van der Waals surface area contributed by atoms with Crippen LogP contribution in [0.1, 0.15) is 28.0 Å². The van der Waals surface area contributed by atoms with Gasteiger partial charge in [0.05, 0.1) is 17.3 Å². The molecule has 0 spiro atoms. The summed E-state index contributed by atoms with van der Waals surface area (Å²) in [5.41, 5.74) is 0.624. The SMILES string of the molecule is Cc1c(C(=O)N2CCCN(c3cc(C(F)(F)F)ccn3)CC2)cnn1C. The fourth-order valence-corrected chi connectivity index (χ4v) is 3.00. The zero-order valence-electron chi connectivity index (χ0n) is 14.6. The van der Waals surface area contributed by atoms with Crippen LogP contribution in [0, 0.1) is 6.92 Å². The molecule has 0 saturated carbocycles. The van der Waals surface area contributed by atoms with Gasteiger partial charge in [0.25, 0.3) is 5.91 Å². The average molecular weight is 367 g/mol. The minimum atomic E-state index is -4.40. The van der Waals surface area contributed by atoms with Crippen molar-refractivity contribution in [2.45, 2.75) is 19.5 Å². The van der Waals surface area contributed by atoms with Crippen molar-refractivity contribution in [1.29, 1.82) is 0 Å². The Balaban J connectivity index is 1.73. The van der Waals surface area contributed by atoms with Gasteiger partial charge in [0, 0.05) is 45.1 Å². The van der Waals surface area contributed by atoms with E-state index in [0.29, 0.717) is 38.2 Å². The Bertz CT molecular complexity index is 802. The number of halogens is 3. The summed E-state index contributed by atoms with van der Waals surface area (Å²) in [7, 11) is 1.77. The highest BCUT2D eigenvalue weighted by Gasteiger charge is 2.31. The van der Waals surface area contributed by atoms with Gasteiger partial charge in [-0.05, 0) is 25.5 Å². The molecule has 1 amide bonds. The fraction of sp³-hybridized carbons (Fsp3) is 0.471. The standard InChI is InChI=1S/C17H20F3N5O/c1-12-14(11-22-23(12)2)16(26)25-7-3-6-24(8-9-25)15-10-13(4-5-21-15)17(18,19)20/h4-5,10-11H,3,6-9H2,1-2H3. The van der Waals surface area contributed by atoms with Gasteiger partial charge < -0.3 is 9.80 Å². The molecule has 0 N–H and O–H groups in total. The molecule has 0 atom stereocenters. The molecule has 0 aliphatic carbocycles. The molecule has 2 aromatic rings. The third kappa shape index (κ3) is 3.66. The molecule has 1 aliphatic heterocycles. The number of hydrogen-bond donors (Lipinski definition) is 0. The molecule has 2 aromatic heterocycles. The maximum atomic E-state index is 12.9. The summed E-state index contributed by atoms with van der Waals surface area (Å²) in [6.45, 7) is 3.77. The Hall–Kier alpha value is -2.58. The first kappa shape index (κ1) is 18.2. The number of aromatic nitrogens is 3. The highest BCUT2D eigenvalue weighted by molar-refractivity contribution is 5.95. The summed E-state index contributed by atoms with van der Waals surface area (Å²) >= 11 is 0. The van der Waals surface area contributed by atoms with E-state index in [0.717, 1.165) is 17.8 Å². The Labute approximate surface area is 149 Å². The Kier molecular flexibility index (Phi) is 4.88. The van der Waals surface area contributed by atoms with E-state index in [-0.39, 0.29) is 11.7 Å². The molecule has 6 nitrogen and oxygen atoms in total. The number of hydrogen-bond acceptors (Lipinski definition) is 4. The largest absolute Gasteiger partial charge is 0.416 e. The van der Waals surface area contributed by atoms with Crippen molar-refractivity contribution in [3.8, 4) is 0 Å². The molecule has 1 fully saturated rings. The predicted octanol–water partition coefficient (Wildman–Crippen LogP) is 2.49. The lowest BCUT2D eigenvalue weighted by molar-refractivity contribution is -0.137. The van der Waals surface area contributed by atoms with Gasteiger partial charge in [0.2, 0.25) is 0 Å². The number of anilines is 1. The van der Waals surface area contributed by atoms with Crippen LogP contribution in [0.5, 0.6) is 0 Å². The van der Waals surface area contributed by atoms with Crippen LogP contribution in [-0.4, -0.2) is 51.8 Å². The Morgan fingerprint density at radius 1 is 1.19 bits per heavy atom. The molecule has 0 unspecified atom stereocenters. The third-order valence-corrected chi connectivity index (χ3v) is 4.65. The third-order valence-electron chi connectivity index (χ3n) is 4.65. The summed E-state index contributed by atoms with van der Waals surface area (Å²) in [6, 6.07) is 2.02. The number of carbonyl (C=O) groups excluding carboxylic acids is 1. The van der Waals surface area contributed by atoms with Gasteiger partial charge in [-0.2, -0.15) is 18.3 Å². The molecule has 0 radical (unpaired) electrons. The van der Waals surface area contributed by atoms with Crippen LogP contribution >= 0.6 is 0 Å². The molecule has 3 rings (SSSR count). The quantitative estimate of drug-likeness (QED) is 0.818. The first-order valence-corrected chi connectivity index (χ1v) is 8.33. The number of carbonyl (C=O) groups is 1. The summed E-state index contributed by atoms with van der Waals surface area (Å²) < 4.78 is 40.4. The van der Waals surface area contributed by atoms with Crippen LogP contribution in [-0.2, 0) is 13.2 Å². The number of amides is 1. The lowest BCUT2D eigenvalue weighted by Crippen LogP contribution is -2.35. The smallest absolute Gasteiger partial charge is 0.355 e. The van der Waals surface area contributed by atoms with Crippen molar-refractivity contribution >= 4 is 11.7 Å². The highest BCUT2D eigenvalue weighted by atomic mass is 19.4. The van der Waals surface area contributed by atoms with Crippen molar-refractivity contribution in [3.05, 3.63) is 41.3 Å². The van der Waals surface area contributed by atoms with Crippen LogP contribution in [0.3, 0.4) is 0 Å². The lowest BCUT2D eigenvalue weighted by atomic mass is 10.2. The van der Waals surface area contributed by atoms with Crippen molar-refractivity contribution < 1.29 is 18.0 Å². The van der Waals surface area contributed by atoms with Gasteiger partial charge in [0.15, 0.2) is 0 Å². The second kappa shape index (κ2) is 6.97. The zero-order valence-corrected chi connectivity index (χ0v) is 14.6. The number of alkyl halides is 3. The number of aryl methyl sites for hydroxylation is 1. The molecular formula is C17H20F3N5O. The number of rotatable bonds is 2. The first-order chi connectivity index (χ1) is 12.3. The number of nitrogens with zero attached hydrogens (tertiary/aromatic N) is 5. The molecule has 26 heavy (non-hydrogen) atoms. The van der Waals surface area contributed by atoms with Crippen molar-refractivity contribution in [3.63, 3.8) is 0 Å². The second-order valence-corrected chi connectivity index (χ2v) is 6.30. The fourth-order valence-electron chi connectivity index (χ4n) is 3.00. The molecule has 0 bridgehead atoms. The second-order valence-electron chi connectivity index (χ2n) is 6.30. The molecule has 0 aromatic carbocycles. The Morgan fingerprint density at radius 2 is 1.96 bits per heavy atom. The van der Waals surface area contributed by atoms with Crippen molar-refractivity contribution in [1.82, 2.24) is 19.7 Å². The van der Waals surface area contributed by atoms with E-state index in [1.165, 1.54) is 6.20 Å². The summed E-state index contributed by atoms with van der Waals surface area (Å²) in [4.78, 5) is 20.3. The summed E-state index contributed by atoms with van der Waals surface area (Å²) in [5, 5.41) is 4.09. The van der Waals surface area contributed by atoms with Gasteiger partial charge in [0.1, 0.15) is 5.82 Å². The van der Waals surface area contributed by atoms with E-state index in [9.17, 15) is 18.0 Å². The normalized spacial score (nSPS) is 15.9. The maximum Gasteiger partial charge on any atom is 0.416 e. The van der Waals surface area contributed by atoms with Crippen LogP contribution in [0.4, 0.5) is 19.0 Å².